The Balaban J connectivity index is 1.56. The number of aromatic nitrogens is 1. The van der Waals surface area contributed by atoms with Crippen LogP contribution in [0, 0.1) is 0 Å². The molecule has 2 aliphatic heterocycles. The van der Waals surface area contributed by atoms with Crippen molar-refractivity contribution in [3.05, 3.63) is 53.7 Å². The zero-order valence-corrected chi connectivity index (χ0v) is 15.4. The number of anilines is 2. The Bertz CT molecular complexity index is 958. The number of amides is 1. The molecule has 136 valence electrons. The normalized spacial score (nSPS) is 23.7. The van der Waals surface area contributed by atoms with Gasteiger partial charge in [-0.15, -0.1) is 0 Å². The second-order valence-corrected chi connectivity index (χ2v) is 9.26. The third kappa shape index (κ3) is 3.19. The van der Waals surface area contributed by atoms with Gasteiger partial charge < -0.3 is 10.2 Å². The number of hydrogen-bond donors (Lipinski definition) is 1. The predicted octanol–water partition coefficient (Wildman–Crippen LogP) is 2.27. The predicted molar refractivity (Wildman–Crippen MR) is 101 cm³/mol. The average Bonchev–Trinajstić information content (AvgIpc) is 3.12. The number of nitrogens with one attached hydrogen (secondary N) is 1. The molecule has 26 heavy (non-hydrogen) atoms. The molecule has 0 saturated carbocycles. The van der Waals surface area contributed by atoms with Crippen LogP contribution in [0.3, 0.4) is 0 Å². The Labute approximate surface area is 153 Å². The highest BCUT2D eigenvalue weighted by Crippen LogP contribution is 2.33. The molecular formula is C19H21N3O3S. The van der Waals surface area contributed by atoms with E-state index in [0.29, 0.717) is 17.8 Å². The molecule has 1 aromatic carbocycles. The number of nitrogens with zero attached hydrogens (tertiary/aromatic N) is 2. The molecule has 2 atom stereocenters. The number of pyridine rings is 1. The van der Waals surface area contributed by atoms with Crippen LogP contribution in [0.1, 0.15) is 29.3 Å². The van der Waals surface area contributed by atoms with Crippen LogP contribution in [0.2, 0.25) is 0 Å². The number of sulfone groups is 1. The van der Waals surface area contributed by atoms with Crippen LogP contribution < -0.4 is 10.2 Å². The topological polar surface area (TPSA) is 79.4 Å². The molecule has 0 bridgehead atoms. The van der Waals surface area contributed by atoms with Crippen LogP contribution in [0.15, 0.2) is 42.6 Å². The van der Waals surface area contributed by atoms with E-state index in [-0.39, 0.29) is 29.5 Å². The van der Waals surface area contributed by atoms with Gasteiger partial charge in [-0.2, -0.15) is 0 Å². The molecule has 1 aromatic heterocycles. The third-order valence-electron chi connectivity index (χ3n) is 5.02. The van der Waals surface area contributed by atoms with Crippen LogP contribution in [0.4, 0.5) is 11.5 Å². The summed E-state index contributed by atoms with van der Waals surface area (Å²) in [5.41, 5.74) is 2.68. The summed E-state index contributed by atoms with van der Waals surface area (Å²) in [6.07, 6.45) is 3.00. The molecule has 1 N–H and O–H groups in total. The van der Waals surface area contributed by atoms with Gasteiger partial charge in [-0.1, -0.05) is 18.2 Å². The van der Waals surface area contributed by atoms with E-state index in [1.807, 2.05) is 30.0 Å². The van der Waals surface area contributed by atoms with Crippen molar-refractivity contribution in [1.82, 2.24) is 4.98 Å². The summed E-state index contributed by atoms with van der Waals surface area (Å²) in [4.78, 5) is 19.2. The minimum atomic E-state index is -2.96. The molecule has 7 heteroatoms. The van der Waals surface area contributed by atoms with Gasteiger partial charge in [0.15, 0.2) is 9.84 Å². The Morgan fingerprint density at radius 2 is 2.08 bits per heavy atom. The smallest absolute Gasteiger partial charge is 0.258 e. The Morgan fingerprint density at radius 3 is 2.85 bits per heavy atom. The molecule has 0 spiro atoms. The highest BCUT2D eigenvalue weighted by molar-refractivity contribution is 7.91. The summed E-state index contributed by atoms with van der Waals surface area (Å²) < 4.78 is 23.2. The summed E-state index contributed by atoms with van der Waals surface area (Å²) in [6, 6.07) is 11.3. The number of carbonyl (C=O) groups is 1. The van der Waals surface area contributed by atoms with Gasteiger partial charge >= 0.3 is 0 Å². The zero-order valence-electron chi connectivity index (χ0n) is 14.6. The van der Waals surface area contributed by atoms with Crippen molar-refractivity contribution in [2.75, 3.05) is 21.7 Å². The van der Waals surface area contributed by atoms with Crippen LogP contribution >= 0.6 is 0 Å². The number of para-hydroxylation sites is 1. The first-order chi connectivity index (χ1) is 12.4. The van der Waals surface area contributed by atoms with Crippen molar-refractivity contribution in [3.8, 4) is 0 Å². The fraction of sp³-hybridized carbons (Fsp3) is 0.368. The summed E-state index contributed by atoms with van der Waals surface area (Å²) in [5, 5.41) is 3.15. The molecule has 0 radical (unpaired) electrons. The summed E-state index contributed by atoms with van der Waals surface area (Å²) >= 11 is 0. The second kappa shape index (κ2) is 6.39. The maximum Gasteiger partial charge on any atom is 0.258 e. The third-order valence-corrected chi connectivity index (χ3v) is 6.79. The van der Waals surface area contributed by atoms with Crippen molar-refractivity contribution >= 4 is 27.2 Å². The van der Waals surface area contributed by atoms with E-state index in [0.717, 1.165) is 12.1 Å². The maximum absolute atomic E-state index is 13.1. The molecular weight excluding hydrogens is 350 g/mol. The Morgan fingerprint density at radius 1 is 1.27 bits per heavy atom. The van der Waals surface area contributed by atoms with Gasteiger partial charge in [0.1, 0.15) is 5.82 Å². The van der Waals surface area contributed by atoms with E-state index >= 15 is 0 Å². The van der Waals surface area contributed by atoms with Crippen LogP contribution in [-0.4, -0.2) is 42.9 Å². The SMILES string of the molecule is CC1Cc2ccccc2N1C(=O)c1ccnc(NC2CCS(=O)(=O)C2)c1. The fourth-order valence-electron chi connectivity index (χ4n) is 3.77. The van der Waals surface area contributed by atoms with Crippen molar-refractivity contribution in [1.29, 1.82) is 0 Å². The van der Waals surface area contributed by atoms with Crippen molar-refractivity contribution < 1.29 is 13.2 Å². The van der Waals surface area contributed by atoms with E-state index in [1.54, 1.807) is 18.3 Å². The van der Waals surface area contributed by atoms with E-state index < -0.39 is 9.84 Å². The second-order valence-electron chi connectivity index (χ2n) is 7.03. The van der Waals surface area contributed by atoms with Crippen LogP contribution in [0.5, 0.6) is 0 Å². The molecule has 6 nitrogen and oxygen atoms in total. The molecule has 1 saturated heterocycles. The lowest BCUT2D eigenvalue weighted by atomic mass is 10.1. The van der Waals surface area contributed by atoms with E-state index in [4.69, 9.17) is 0 Å². The lowest BCUT2D eigenvalue weighted by Crippen LogP contribution is -2.35. The Kier molecular flexibility index (Phi) is 4.19. The van der Waals surface area contributed by atoms with Gasteiger partial charge in [0.25, 0.3) is 5.91 Å². The molecule has 2 aromatic rings. The van der Waals surface area contributed by atoms with Crippen molar-refractivity contribution in [2.45, 2.75) is 31.8 Å². The number of hydrogen-bond acceptors (Lipinski definition) is 5. The quantitative estimate of drug-likeness (QED) is 0.895. The first kappa shape index (κ1) is 17.0. The number of fused-ring (bicyclic) bond motifs is 1. The number of carbonyl (C=O) groups excluding carboxylic acids is 1. The molecule has 1 amide bonds. The van der Waals surface area contributed by atoms with Crippen molar-refractivity contribution in [3.63, 3.8) is 0 Å². The minimum Gasteiger partial charge on any atom is -0.366 e. The monoisotopic (exact) mass is 371 g/mol. The van der Waals surface area contributed by atoms with E-state index in [2.05, 4.69) is 16.4 Å². The number of benzene rings is 1. The number of rotatable bonds is 3. The molecule has 4 rings (SSSR count). The molecule has 0 aliphatic carbocycles. The lowest BCUT2D eigenvalue weighted by Gasteiger charge is -2.23. The molecule has 2 unspecified atom stereocenters. The van der Waals surface area contributed by atoms with Crippen LogP contribution in [-0.2, 0) is 16.3 Å². The lowest BCUT2D eigenvalue weighted by molar-refractivity contribution is 0.0981. The zero-order chi connectivity index (χ0) is 18.3. The van der Waals surface area contributed by atoms with Gasteiger partial charge in [0.05, 0.1) is 11.5 Å². The summed E-state index contributed by atoms with van der Waals surface area (Å²) in [5.74, 6) is 0.791. The van der Waals surface area contributed by atoms with Crippen molar-refractivity contribution in [2.24, 2.45) is 0 Å². The summed E-state index contributed by atoms with van der Waals surface area (Å²) in [6.45, 7) is 2.04. The highest BCUT2D eigenvalue weighted by Gasteiger charge is 2.32. The molecule has 1 fully saturated rings. The highest BCUT2D eigenvalue weighted by atomic mass is 32.2. The van der Waals surface area contributed by atoms with E-state index in [1.165, 1.54) is 5.56 Å². The van der Waals surface area contributed by atoms with Gasteiger partial charge in [-0.3, -0.25) is 4.79 Å². The standard InChI is InChI=1S/C19H21N3O3S/c1-13-10-14-4-2-3-5-17(14)22(13)19(23)15-6-8-20-18(11-15)21-16-7-9-26(24,25)12-16/h2-6,8,11,13,16H,7,9-10,12H2,1H3,(H,20,21). The van der Waals surface area contributed by atoms with Gasteiger partial charge in [-0.05, 0) is 43.5 Å². The molecule has 2 aliphatic rings. The summed E-state index contributed by atoms with van der Waals surface area (Å²) in [7, 11) is -2.96. The first-order valence-electron chi connectivity index (χ1n) is 8.77. The minimum absolute atomic E-state index is 0.0630. The van der Waals surface area contributed by atoms with Gasteiger partial charge in [0.2, 0.25) is 0 Å². The largest absolute Gasteiger partial charge is 0.366 e. The van der Waals surface area contributed by atoms with Gasteiger partial charge in [0, 0.05) is 29.5 Å². The van der Waals surface area contributed by atoms with Crippen LogP contribution in [0.25, 0.3) is 0 Å². The maximum atomic E-state index is 13.1. The molecule has 3 heterocycles. The van der Waals surface area contributed by atoms with E-state index in [9.17, 15) is 13.2 Å². The Hall–Kier alpha value is -2.41. The van der Waals surface area contributed by atoms with Gasteiger partial charge in [-0.25, -0.2) is 13.4 Å². The average molecular weight is 371 g/mol. The first-order valence-corrected chi connectivity index (χ1v) is 10.6. The fourth-order valence-corrected chi connectivity index (χ4v) is 5.45.